The molecule has 1 unspecified atom stereocenters. The van der Waals surface area contributed by atoms with Gasteiger partial charge in [-0.3, -0.25) is 9.59 Å². The summed E-state index contributed by atoms with van der Waals surface area (Å²) in [7, 11) is 0. The molecule has 0 fully saturated rings. The first-order chi connectivity index (χ1) is 12.6. The number of rotatable bonds is 12. The van der Waals surface area contributed by atoms with E-state index in [2.05, 4.69) is 31.4 Å². The van der Waals surface area contributed by atoms with E-state index in [1.165, 1.54) is 0 Å². The highest BCUT2D eigenvalue weighted by Gasteiger charge is 2.25. The van der Waals surface area contributed by atoms with Gasteiger partial charge in [-0.2, -0.15) is 0 Å². The molecule has 28 heavy (non-hydrogen) atoms. The third kappa shape index (κ3) is 13.1. The number of carbonyl (C=O) groups is 2. The molecule has 0 aromatic carbocycles. The minimum atomic E-state index is -0.346. The van der Waals surface area contributed by atoms with Crippen molar-refractivity contribution in [3.8, 4) is 0 Å². The molecular formula is C22H44N2O4. The van der Waals surface area contributed by atoms with E-state index in [4.69, 9.17) is 9.47 Å². The predicted molar refractivity (Wildman–Crippen MR) is 114 cm³/mol. The maximum absolute atomic E-state index is 12.1. The Morgan fingerprint density at radius 1 is 0.786 bits per heavy atom. The highest BCUT2D eigenvalue weighted by Crippen LogP contribution is 2.24. The van der Waals surface area contributed by atoms with E-state index >= 15 is 0 Å². The Morgan fingerprint density at radius 3 is 1.71 bits per heavy atom. The molecule has 0 saturated carbocycles. The lowest BCUT2D eigenvalue weighted by atomic mass is 9.87. The van der Waals surface area contributed by atoms with Crippen molar-refractivity contribution in [2.45, 2.75) is 106 Å². The van der Waals surface area contributed by atoms with Crippen LogP contribution in [0.3, 0.4) is 0 Å². The van der Waals surface area contributed by atoms with E-state index < -0.39 is 0 Å². The van der Waals surface area contributed by atoms with Crippen molar-refractivity contribution in [1.82, 2.24) is 10.6 Å². The summed E-state index contributed by atoms with van der Waals surface area (Å²) in [5.41, 5.74) is -0.163. The van der Waals surface area contributed by atoms with Gasteiger partial charge in [0.15, 0.2) is 0 Å². The van der Waals surface area contributed by atoms with Crippen molar-refractivity contribution in [2.24, 2.45) is 10.8 Å². The second-order valence-electron chi connectivity index (χ2n) is 10.3. The number of hydrogen-bond acceptors (Lipinski definition) is 6. The van der Waals surface area contributed by atoms with Gasteiger partial charge in [-0.15, -0.1) is 0 Å². The fourth-order valence-corrected chi connectivity index (χ4v) is 2.63. The van der Waals surface area contributed by atoms with E-state index in [1.54, 1.807) is 0 Å². The summed E-state index contributed by atoms with van der Waals surface area (Å²) >= 11 is 0. The van der Waals surface area contributed by atoms with Gasteiger partial charge in [0.2, 0.25) is 0 Å². The Bertz CT molecular complexity index is 483. The lowest BCUT2D eigenvalue weighted by Gasteiger charge is -2.28. The van der Waals surface area contributed by atoms with Gasteiger partial charge >= 0.3 is 11.9 Å². The van der Waals surface area contributed by atoms with Crippen LogP contribution in [0.2, 0.25) is 0 Å². The van der Waals surface area contributed by atoms with Crippen LogP contribution in [-0.4, -0.2) is 49.3 Å². The van der Waals surface area contributed by atoms with Crippen LogP contribution in [0.4, 0.5) is 0 Å². The predicted octanol–water partition coefficient (Wildman–Crippen LogP) is 3.68. The Balaban J connectivity index is 4.28. The average molecular weight is 401 g/mol. The molecule has 166 valence electrons. The van der Waals surface area contributed by atoms with Crippen LogP contribution in [-0.2, 0) is 19.1 Å². The molecule has 6 heteroatoms. The third-order valence-corrected chi connectivity index (χ3v) is 4.33. The lowest BCUT2D eigenvalue weighted by Crippen LogP contribution is -2.42. The molecule has 6 nitrogen and oxygen atoms in total. The summed E-state index contributed by atoms with van der Waals surface area (Å²) in [6, 6.07) is -0.258. The van der Waals surface area contributed by atoms with Crippen LogP contribution in [0.25, 0.3) is 0 Å². The summed E-state index contributed by atoms with van der Waals surface area (Å²) in [5, 5.41) is 6.45. The smallest absolute Gasteiger partial charge is 0.322 e. The number of esters is 2. The van der Waals surface area contributed by atoms with Gasteiger partial charge in [0.05, 0.1) is 13.2 Å². The van der Waals surface area contributed by atoms with Crippen molar-refractivity contribution >= 4 is 11.9 Å². The molecule has 0 saturated heterocycles. The van der Waals surface area contributed by atoms with E-state index in [-0.39, 0.29) is 46.9 Å². The highest BCUT2D eigenvalue weighted by molar-refractivity contribution is 5.75. The van der Waals surface area contributed by atoms with Crippen molar-refractivity contribution in [3.05, 3.63) is 0 Å². The van der Waals surface area contributed by atoms with E-state index in [0.29, 0.717) is 13.2 Å². The van der Waals surface area contributed by atoms with Crippen molar-refractivity contribution in [3.63, 3.8) is 0 Å². The Kier molecular flexibility index (Phi) is 11.3. The zero-order valence-electron chi connectivity index (χ0n) is 19.8. The van der Waals surface area contributed by atoms with Gasteiger partial charge in [-0.05, 0) is 44.4 Å². The van der Waals surface area contributed by atoms with Gasteiger partial charge in [0, 0.05) is 12.1 Å². The molecular weight excluding hydrogens is 356 g/mol. The van der Waals surface area contributed by atoms with Gasteiger partial charge in [0.25, 0.3) is 0 Å². The molecule has 0 aliphatic carbocycles. The quantitative estimate of drug-likeness (QED) is 0.487. The summed E-state index contributed by atoms with van der Waals surface area (Å²) in [6.45, 7) is 20.8. The van der Waals surface area contributed by atoms with Crippen LogP contribution in [0.15, 0.2) is 0 Å². The number of ether oxygens (including phenoxy) is 2. The fourth-order valence-electron chi connectivity index (χ4n) is 2.63. The molecule has 0 bridgehead atoms. The SMILES string of the molecule is CC(C)N[C@@H](C)C(=O)OCC(C)(C)CCC(C)N[C@H](C)C(=O)OCC(C)(C)C. The summed E-state index contributed by atoms with van der Waals surface area (Å²) in [5.74, 6) is -0.440. The zero-order valence-corrected chi connectivity index (χ0v) is 19.8. The Morgan fingerprint density at radius 2 is 1.25 bits per heavy atom. The maximum atomic E-state index is 12.1. The second-order valence-corrected chi connectivity index (χ2v) is 10.3. The fraction of sp³-hybridized carbons (Fsp3) is 0.909. The Hall–Kier alpha value is -1.14. The molecule has 0 aliphatic heterocycles. The zero-order chi connectivity index (χ0) is 22.1. The van der Waals surface area contributed by atoms with E-state index in [9.17, 15) is 9.59 Å². The number of hydrogen-bond donors (Lipinski definition) is 2. The first-order valence-electron chi connectivity index (χ1n) is 10.5. The number of nitrogens with one attached hydrogen (secondary N) is 2. The second kappa shape index (κ2) is 11.8. The first kappa shape index (κ1) is 26.9. The van der Waals surface area contributed by atoms with Crippen LogP contribution in [0.1, 0.15) is 82.1 Å². The molecule has 0 aromatic heterocycles. The average Bonchev–Trinajstić information content (AvgIpc) is 2.54. The van der Waals surface area contributed by atoms with Crippen molar-refractivity contribution < 1.29 is 19.1 Å². The Labute approximate surface area is 172 Å². The summed E-state index contributed by atoms with van der Waals surface area (Å²) < 4.78 is 10.9. The molecule has 2 N–H and O–H groups in total. The number of carbonyl (C=O) groups excluding carboxylic acids is 2. The van der Waals surface area contributed by atoms with E-state index in [1.807, 2.05) is 48.5 Å². The first-order valence-corrected chi connectivity index (χ1v) is 10.5. The third-order valence-electron chi connectivity index (χ3n) is 4.33. The molecule has 0 amide bonds. The molecule has 0 radical (unpaired) electrons. The molecule has 0 aliphatic rings. The monoisotopic (exact) mass is 400 g/mol. The standard InChI is InChI=1S/C22H44N2O4/c1-15(2)23-17(4)19(25)28-14-22(9,10)12-11-16(3)24-18(5)20(26)27-13-21(6,7)8/h15-18,23-24H,11-14H2,1-10H3/t16?,17-,18+/m0/s1. The summed E-state index contributed by atoms with van der Waals surface area (Å²) in [4.78, 5) is 24.2. The van der Waals surface area contributed by atoms with E-state index in [0.717, 1.165) is 12.8 Å². The van der Waals surface area contributed by atoms with Crippen LogP contribution in [0.5, 0.6) is 0 Å². The van der Waals surface area contributed by atoms with Gasteiger partial charge in [-0.25, -0.2) is 0 Å². The van der Waals surface area contributed by atoms with Crippen molar-refractivity contribution in [2.75, 3.05) is 13.2 Å². The largest absolute Gasteiger partial charge is 0.464 e. The van der Waals surface area contributed by atoms with Gasteiger partial charge in [0.1, 0.15) is 12.1 Å². The lowest BCUT2D eigenvalue weighted by molar-refractivity contribution is -0.150. The highest BCUT2D eigenvalue weighted by atomic mass is 16.5. The molecule has 0 aromatic rings. The molecule has 0 spiro atoms. The topological polar surface area (TPSA) is 76.7 Å². The van der Waals surface area contributed by atoms with Crippen molar-refractivity contribution in [1.29, 1.82) is 0 Å². The summed E-state index contributed by atoms with van der Waals surface area (Å²) in [6.07, 6.45) is 1.76. The molecule has 3 atom stereocenters. The van der Waals surface area contributed by atoms with Crippen LogP contribution in [0, 0.1) is 10.8 Å². The minimum Gasteiger partial charge on any atom is -0.464 e. The minimum absolute atomic E-state index is 0.0371. The van der Waals surface area contributed by atoms with Gasteiger partial charge < -0.3 is 20.1 Å². The molecule has 0 heterocycles. The van der Waals surface area contributed by atoms with Gasteiger partial charge in [-0.1, -0.05) is 48.5 Å². The van der Waals surface area contributed by atoms with Crippen LogP contribution >= 0.6 is 0 Å². The maximum Gasteiger partial charge on any atom is 0.322 e. The van der Waals surface area contributed by atoms with Crippen LogP contribution < -0.4 is 10.6 Å². The normalized spacial score (nSPS) is 15.8. The molecule has 0 rings (SSSR count).